The molecule has 0 heterocycles. The highest BCUT2D eigenvalue weighted by atomic mass is 14.0. The van der Waals surface area contributed by atoms with Gasteiger partial charge in [-0.15, -0.1) is 0 Å². The number of rotatable bonds is 5. The van der Waals surface area contributed by atoms with E-state index in [1.165, 1.54) is 19.3 Å². The zero-order valence-electron chi connectivity index (χ0n) is 9.01. The molecule has 0 nitrogen and oxygen atoms in total. The summed E-state index contributed by atoms with van der Waals surface area (Å²) in [4.78, 5) is 0. The van der Waals surface area contributed by atoms with Crippen LogP contribution in [0.2, 0.25) is 0 Å². The molecule has 0 aromatic carbocycles. The van der Waals surface area contributed by atoms with E-state index in [4.69, 9.17) is 0 Å². The van der Waals surface area contributed by atoms with E-state index in [1.807, 2.05) is 13.0 Å². The first-order valence-electron chi connectivity index (χ1n) is 5.10. The molecule has 0 amide bonds. The fraction of sp³-hybridized carbons (Fsp3) is 0.538. The maximum atomic E-state index is 3.05. The van der Waals surface area contributed by atoms with E-state index in [9.17, 15) is 0 Å². The maximum absolute atomic E-state index is 3.05. The van der Waals surface area contributed by atoms with Gasteiger partial charge in [0.05, 0.1) is 0 Å². The third-order valence-electron chi connectivity index (χ3n) is 1.86. The van der Waals surface area contributed by atoms with E-state index in [-0.39, 0.29) is 0 Å². The van der Waals surface area contributed by atoms with Crippen molar-refractivity contribution >= 4 is 0 Å². The summed E-state index contributed by atoms with van der Waals surface area (Å²) in [6.07, 6.45) is 12.1. The van der Waals surface area contributed by atoms with Crippen LogP contribution in [0, 0.1) is 5.92 Å². The van der Waals surface area contributed by atoms with Crippen LogP contribution in [0.4, 0.5) is 0 Å². The average Bonchev–Trinajstić information content (AvgIpc) is 2.14. The Morgan fingerprint density at radius 2 is 2.00 bits per heavy atom. The molecule has 0 fully saturated rings. The van der Waals surface area contributed by atoms with Gasteiger partial charge in [-0.05, 0) is 32.4 Å². The van der Waals surface area contributed by atoms with E-state index in [2.05, 4.69) is 43.5 Å². The standard InChI is InChI=1S/C13H20/c1-4-7-9-12-13(10-6-3)11-8-5-2/h4,6,10,12-13H,5,8,11H2,1-3H3. The van der Waals surface area contributed by atoms with Gasteiger partial charge in [-0.2, -0.15) is 0 Å². The summed E-state index contributed by atoms with van der Waals surface area (Å²) in [7, 11) is 0. The van der Waals surface area contributed by atoms with Gasteiger partial charge in [-0.25, -0.2) is 0 Å². The Morgan fingerprint density at radius 3 is 2.54 bits per heavy atom. The molecule has 72 valence electrons. The maximum Gasteiger partial charge on any atom is 0.00288 e. The van der Waals surface area contributed by atoms with Crippen LogP contribution in [-0.2, 0) is 0 Å². The fourth-order valence-electron chi connectivity index (χ4n) is 1.16. The Hall–Kier alpha value is -0.960. The summed E-state index contributed by atoms with van der Waals surface area (Å²) in [5.41, 5.74) is 6.00. The van der Waals surface area contributed by atoms with Gasteiger partial charge >= 0.3 is 0 Å². The average molecular weight is 176 g/mol. The highest BCUT2D eigenvalue weighted by Gasteiger charge is 1.97. The topological polar surface area (TPSA) is 0 Å². The van der Waals surface area contributed by atoms with E-state index in [0.29, 0.717) is 5.92 Å². The van der Waals surface area contributed by atoms with E-state index < -0.39 is 0 Å². The Morgan fingerprint density at radius 1 is 1.23 bits per heavy atom. The second kappa shape index (κ2) is 9.13. The first kappa shape index (κ1) is 12.0. The molecular weight excluding hydrogens is 156 g/mol. The van der Waals surface area contributed by atoms with Crippen molar-refractivity contribution in [3.8, 4) is 0 Å². The predicted molar refractivity (Wildman–Crippen MR) is 59.7 cm³/mol. The molecule has 0 spiro atoms. The lowest BCUT2D eigenvalue weighted by atomic mass is 10.0. The zero-order valence-corrected chi connectivity index (χ0v) is 9.01. The molecule has 0 aromatic heterocycles. The van der Waals surface area contributed by atoms with Crippen molar-refractivity contribution in [2.45, 2.75) is 40.0 Å². The van der Waals surface area contributed by atoms with Crippen LogP contribution in [-0.4, -0.2) is 0 Å². The largest absolute Gasteiger partial charge is 0.0910 e. The number of hydrogen-bond acceptors (Lipinski definition) is 0. The summed E-state index contributed by atoms with van der Waals surface area (Å²) >= 11 is 0. The minimum absolute atomic E-state index is 0.539. The second-order valence-electron chi connectivity index (χ2n) is 3.08. The predicted octanol–water partition coefficient (Wildman–Crippen LogP) is 4.26. The second-order valence-corrected chi connectivity index (χ2v) is 3.08. The summed E-state index contributed by atoms with van der Waals surface area (Å²) in [5.74, 6) is 0.539. The molecule has 0 aromatic rings. The Bertz CT molecular complexity index is 220. The van der Waals surface area contributed by atoms with Crippen molar-refractivity contribution in [1.82, 2.24) is 0 Å². The number of allylic oxidation sites excluding steroid dienone is 4. The molecule has 0 saturated heterocycles. The van der Waals surface area contributed by atoms with Gasteiger partial charge in [-0.1, -0.05) is 43.4 Å². The Kier molecular flexibility index (Phi) is 8.46. The third-order valence-corrected chi connectivity index (χ3v) is 1.86. The van der Waals surface area contributed by atoms with Crippen LogP contribution in [0.25, 0.3) is 0 Å². The highest BCUT2D eigenvalue weighted by Crippen LogP contribution is 2.10. The number of hydrogen-bond donors (Lipinski definition) is 0. The van der Waals surface area contributed by atoms with Crippen LogP contribution in [0.5, 0.6) is 0 Å². The van der Waals surface area contributed by atoms with Crippen molar-refractivity contribution in [2.24, 2.45) is 5.92 Å². The monoisotopic (exact) mass is 176 g/mol. The minimum atomic E-state index is 0.539. The van der Waals surface area contributed by atoms with E-state index in [1.54, 1.807) is 0 Å². The zero-order chi connectivity index (χ0) is 9.94. The Labute approximate surface area is 82.4 Å². The van der Waals surface area contributed by atoms with Gasteiger partial charge in [0.1, 0.15) is 0 Å². The fourth-order valence-corrected chi connectivity index (χ4v) is 1.16. The van der Waals surface area contributed by atoms with Crippen molar-refractivity contribution in [3.05, 3.63) is 35.8 Å². The normalized spacial score (nSPS) is 11.9. The van der Waals surface area contributed by atoms with E-state index in [0.717, 1.165) is 0 Å². The molecule has 1 atom stereocenters. The molecule has 0 aliphatic heterocycles. The molecule has 0 heteroatoms. The lowest BCUT2D eigenvalue weighted by Gasteiger charge is -2.03. The van der Waals surface area contributed by atoms with Crippen LogP contribution < -0.4 is 0 Å². The summed E-state index contributed by atoms with van der Waals surface area (Å²) in [5, 5.41) is 0. The van der Waals surface area contributed by atoms with Crippen molar-refractivity contribution in [1.29, 1.82) is 0 Å². The molecule has 0 aliphatic rings. The molecule has 0 N–H and O–H groups in total. The van der Waals surface area contributed by atoms with E-state index >= 15 is 0 Å². The van der Waals surface area contributed by atoms with Gasteiger partial charge in [-0.3, -0.25) is 0 Å². The Balaban J connectivity index is 4.17. The molecule has 0 radical (unpaired) electrons. The van der Waals surface area contributed by atoms with Crippen molar-refractivity contribution < 1.29 is 0 Å². The summed E-state index contributed by atoms with van der Waals surface area (Å²) < 4.78 is 0. The lowest BCUT2D eigenvalue weighted by Crippen LogP contribution is -1.90. The van der Waals surface area contributed by atoms with Crippen molar-refractivity contribution in [2.75, 3.05) is 0 Å². The van der Waals surface area contributed by atoms with Gasteiger partial charge in [0.25, 0.3) is 0 Å². The molecule has 1 unspecified atom stereocenters. The van der Waals surface area contributed by atoms with Crippen LogP contribution in [0.1, 0.15) is 40.0 Å². The molecular formula is C13H20. The third kappa shape index (κ3) is 7.40. The smallest absolute Gasteiger partial charge is 0.00288 e. The molecule has 0 saturated carbocycles. The van der Waals surface area contributed by atoms with Crippen LogP contribution in [0.15, 0.2) is 35.8 Å². The van der Waals surface area contributed by atoms with Gasteiger partial charge in [0, 0.05) is 5.92 Å². The van der Waals surface area contributed by atoms with Crippen molar-refractivity contribution in [3.63, 3.8) is 0 Å². The lowest BCUT2D eigenvalue weighted by molar-refractivity contribution is 0.642. The first-order valence-corrected chi connectivity index (χ1v) is 5.10. The van der Waals surface area contributed by atoms with Crippen LogP contribution >= 0.6 is 0 Å². The summed E-state index contributed by atoms with van der Waals surface area (Å²) in [6, 6.07) is 0. The SMILES string of the molecule is CC=C=C=CC(C=CC)CCCC. The first-order chi connectivity index (χ1) is 6.35. The van der Waals surface area contributed by atoms with Gasteiger partial charge in [0.15, 0.2) is 0 Å². The molecule has 13 heavy (non-hydrogen) atoms. The minimum Gasteiger partial charge on any atom is -0.0910 e. The summed E-state index contributed by atoms with van der Waals surface area (Å²) in [6.45, 7) is 6.24. The molecule has 0 bridgehead atoms. The van der Waals surface area contributed by atoms with Crippen LogP contribution in [0.3, 0.4) is 0 Å². The number of unbranched alkanes of at least 4 members (excludes halogenated alkanes) is 1. The van der Waals surface area contributed by atoms with Gasteiger partial charge < -0.3 is 0 Å². The highest BCUT2D eigenvalue weighted by molar-refractivity contribution is 4.99. The molecule has 0 aliphatic carbocycles. The molecule has 0 rings (SSSR count). The quantitative estimate of drug-likeness (QED) is 0.434. The van der Waals surface area contributed by atoms with Gasteiger partial charge in [0.2, 0.25) is 0 Å².